The molecule has 1 N–H and O–H groups in total. The van der Waals surface area contributed by atoms with Gasteiger partial charge in [0, 0.05) is 5.69 Å². The van der Waals surface area contributed by atoms with Gasteiger partial charge in [-0.3, -0.25) is 19.4 Å². The van der Waals surface area contributed by atoms with E-state index < -0.39 is 23.9 Å². The lowest BCUT2D eigenvalue weighted by molar-refractivity contribution is -0.123. The minimum atomic E-state index is -1.00. The molecule has 3 amide bonds. The van der Waals surface area contributed by atoms with E-state index in [0.29, 0.717) is 11.4 Å². The number of carbonyl (C=O) groups excluding carboxylic acids is 3. The third-order valence-corrected chi connectivity index (χ3v) is 5.79. The molecule has 1 fully saturated rings. The fourth-order valence-electron chi connectivity index (χ4n) is 4.11. The SMILES string of the molecule is COc1ccc(N2C(=O)[C@@H]3[C@@H](N=NN3CC(=O)Nc3c(C)cc(C)cc3C)C2=O)cc1Cl. The molecule has 0 aromatic heterocycles. The van der Waals surface area contributed by atoms with Crippen LogP contribution in [-0.4, -0.2) is 48.5 Å². The predicted molar refractivity (Wildman–Crippen MR) is 119 cm³/mol. The number of hydrogen-bond acceptors (Lipinski definition) is 7. The zero-order valence-corrected chi connectivity index (χ0v) is 18.8. The number of benzene rings is 2. The molecule has 2 atom stereocenters. The largest absolute Gasteiger partial charge is 0.495 e. The van der Waals surface area contributed by atoms with Gasteiger partial charge in [0.1, 0.15) is 12.3 Å². The highest BCUT2D eigenvalue weighted by atomic mass is 35.5. The number of carbonyl (C=O) groups is 3. The summed E-state index contributed by atoms with van der Waals surface area (Å²) in [5.41, 5.74) is 4.00. The number of aryl methyl sites for hydroxylation is 3. The highest BCUT2D eigenvalue weighted by molar-refractivity contribution is 6.33. The maximum Gasteiger partial charge on any atom is 0.263 e. The number of nitrogens with zero attached hydrogens (tertiary/aromatic N) is 4. The first kappa shape index (κ1) is 21.8. The number of hydrogen-bond donors (Lipinski definition) is 1. The molecule has 32 heavy (non-hydrogen) atoms. The van der Waals surface area contributed by atoms with Crippen LogP contribution in [-0.2, 0) is 14.4 Å². The summed E-state index contributed by atoms with van der Waals surface area (Å²) in [5, 5.41) is 12.3. The van der Waals surface area contributed by atoms with Crippen LogP contribution in [0.5, 0.6) is 5.75 Å². The van der Waals surface area contributed by atoms with Crippen molar-refractivity contribution in [1.82, 2.24) is 5.01 Å². The van der Waals surface area contributed by atoms with Gasteiger partial charge in [0.2, 0.25) is 5.91 Å². The second kappa shape index (κ2) is 8.23. The Bertz CT molecular complexity index is 1140. The standard InChI is InChI=1S/C22H22ClN5O4/c1-11-7-12(2)18(13(3)8-11)24-17(29)10-27-20-19(25-26-27)21(30)28(22(20)31)14-5-6-16(32-4)15(23)9-14/h5-9,19-20H,10H2,1-4H3,(H,24,29)/t19-,20+/m1/s1. The highest BCUT2D eigenvalue weighted by Crippen LogP contribution is 2.35. The second-order valence-corrected chi connectivity index (χ2v) is 8.25. The summed E-state index contributed by atoms with van der Waals surface area (Å²) in [5.74, 6) is -0.958. The van der Waals surface area contributed by atoms with Gasteiger partial charge in [-0.1, -0.05) is 34.5 Å². The quantitative estimate of drug-likeness (QED) is 0.697. The van der Waals surface area contributed by atoms with Gasteiger partial charge in [-0.05, 0) is 50.1 Å². The zero-order chi connectivity index (χ0) is 23.2. The third kappa shape index (κ3) is 3.69. The fraction of sp³-hybridized carbons (Fsp3) is 0.318. The van der Waals surface area contributed by atoms with E-state index in [-0.39, 0.29) is 17.5 Å². The molecule has 0 saturated carbocycles. The van der Waals surface area contributed by atoms with Crippen LogP contribution in [0.3, 0.4) is 0 Å². The average molecular weight is 456 g/mol. The second-order valence-electron chi connectivity index (χ2n) is 7.84. The summed E-state index contributed by atoms with van der Waals surface area (Å²) in [4.78, 5) is 39.7. The molecular weight excluding hydrogens is 434 g/mol. The van der Waals surface area contributed by atoms with Gasteiger partial charge in [0.15, 0.2) is 12.1 Å². The van der Waals surface area contributed by atoms with Crippen LogP contribution in [0.15, 0.2) is 40.7 Å². The van der Waals surface area contributed by atoms with E-state index in [0.717, 1.165) is 27.3 Å². The molecule has 0 aliphatic carbocycles. The molecule has 0 radical (unpaired) electrons. The molecular formula is C22H22ClN5O4. The van der Waals surface area contributed by atoms with Crippen LogP contribution >= 0.6 is 11.6 Å². The van der Waals surface area contributed by atoms with Crippen molar-refractivity contribution in [1.29, 1.82) is 0 Å². The minimum absolute atomic E-state index is 0.215. The number of nitrogens with one attached hydrogen (secondary N) is 1. The first-order valence-corrected chi connectivity index (χ1v) is 10.4. The summed E-state index contributed by atoms with van der Waals surface area (Å²) < 4.78 is 5.12. The number of fused-ring (bicyclic) bond motifs is 1. The smallest absolute Gasteiger partial charge is 0.263 e. The maximum absolute atomic E-state index is 13.1. The molecule has 10 heteroatoms. The third-order valence-electron chi connectivity index (χ3n) is 5.50. The van der Waals surface area contributed by atoms with Crippen molar-refractivity contribution in [3.8, 4) is 5.75 Å². The van der Waals surface area contributed by atoms with E-state index >= 15 is 0 Å². The van der Waals surface area contributed by atoms with E-state index in [4.69, 9.17) is 16.3 Å². The molecule has 2 aliphatic rings. The summed E-state index contributed by atoms with van der Waals surface area (Å²) in [6.45, 7) is 5.60. The Morgan fingerprint density at radius 1 is 1.12 bits per heavy atom. The van der Waals surface area contributed by atoms with Crippen molar-refractivity contribution in [2.45, 2.75) is 32.9 Å². The lowest BCUT2D eigenvalue weighted by Gasteiger charge is -2.21. The van der Waals surface area contributed by atoms with Gasteiger partial charge in [-0.15, -0.1) is 0 Å². The topological polar surface area (TPSA) is 104 Å². The number of anilines is 2. The van der Waals surface area contributed by atoms with Crippen molar-refractivity contribution >= 4 is 40.7 Å². The molecule has 2 aliphatic heterocycles. The van der Waals surface area contributed by atoms with Gasteiger partial charge >= 0.3 is 0 Å². The zero-order valence-electron chi connectivity index (χ0n) is 18.0. The molecule has 9 nitrogen and oxygen atoms in total. The highest BCUT2D eigenvalue weighted by Gasteiger charge is 2.55. The predicted octanol–water partition coefficient (Wildman–Crippen LogP) is 3.21. The Hall–Kier alpha value is -3.46. The lowest BCUT2D eigenvalue weighted by Crippen LogP contribution is -2.43. The Kier molecular flexibility index (Phi) is 5.60. The van der Waals surface area contributed by atoms with Crippen LogP contribution in [0.25, 0.3) is 0 Å². The van der Waals surface area contributed by atoms with E-state index in [1.165, 1.54) is 18.2 Å². The van der Waals surface area contributed by atoms with E-state index in [1.54, 1.807) is 12.1 Å². The molecule has 166 valence electrons. The Morgan fingerprint density at radius 2 is 1.81 bits per heavy atom. The number of methoxy groups -OCH3 is 1. The first-order valence-electron chi connectivity index (χ1n) is 9.97. The molecule has 4 rings (SSSR count). The number of amides is 3. The normalized spacial score (nSPS) is 19.5. The monoisotopic (exact) mass is 455 g/mol. The molecule has 0 spiro atoms. The molecule has 1 saturated heterocycles. The molecule has 2 aromatic carbocycles. The lowest BCUT2D eigenvalue weighted by atomic mass is 10.1. The van der Waals surface area contributed by atoms with E-state index in [2.05, 4.69) is 15.7 Å². The molecule has 0 bridgehead atoms. The fourth-order valence-corrected chi connectivity index (χ4v) is 4.36. The number of halogens is 1. The van der Waals surface area contributed by atoms with Gasteiger partial charge < -0.3 is 10.1 Å². The minimum Gasteiger partial charge on any atom is -0.495 e. The Labute approximate surface area is 190 Å². The Balaban J connectivity index is 1.51. The first-order chi connectivity index (χ1) is 15.2. The number of ether oxygens (including phenoxy) is 1. The Morgan fingerprint density at radius 3 is 2.44 bits per heavy atom. The summed E-state index contributed by atoms with van der Waals surface area (Å²) in [6, 6.07) is 6.60. The summed E-state index contributed by atoms with van der Waals surface area (Å²) in [6.07, 6.45) is 0. The summed E-state index contributed by atoms with van der Waals surface area (Å²) in [7, 11) is 1.47. The van der Waals surface area contributed by atoms with Gasteiger partial charge in [-0.2, -0.15) is 5.11 Å². The van der Waals surface area contributed by atoms with Crippen molar-refractivity contribution in [2.75, 3.05) is 23.9 Å². The number of rotatable bonds is 5. The molecule has 0 unspecified atom stereocenters. The van der Waals surface area contributed by atoms with Crippen LogP contribution in [0.4, 0.5) is 11.4 Å². The average Bonchev–Trinajstić information content (AvgIpc) is 3.24. The van der Waals surface area contributed by atoms with Crippen LogP contribution < -0.4 is 15.0 Å². The van der Waals surface area contributed by atoms with Gasteiger partial charge in [-0.25, -0.2) is 4.90 Å². The van der Waals surface area contributed by atoms with Crippen molar-refractivity contribution in [3.05, 3.63) is 52.0 Å². The van der Waals surface area contributed by atoms with E-state index in [1.807, 2.05) is 32.9 Å². The van der Waals surface area contributed by atoms with Crippen molar-refractivity contribution in [2.24, 2.45) is 10.3 Å². The molecule has 2 heterocycles. The van der Waals surface area contributed by atoms with Crippen LogP contribution in [0.1, 0.15) is 16.7 Å². The van der Waals surface area contributed by atoms with Gasteiger partial charge in [0.25, 0.3) is 11.8 Å². The van der Waals surface area contributed by atoms with Gasteiger partial charge in [0.05, 0.1) is 17.8 Å². The maximum atomic E-state index is 13.1. The van der Waals surface area contributed by atoms with E-state index in [9.17, 15) is 14.4 Å². The van der Waals surface area contributed by atoms with Crippen LogP contribution in [0.2, 0.25) is 5.02 Å². The van der Waals surface area contributed by atoms with Crippen molar-refractivity contribution in [3.63, 3.8) is 0 Å². The summed E-state index contributed by atoms with van der Waals surface area (Å²) >= 11 is 6.15. The number of imide groups is 1. The molecule has 2 aromatic rings. The van der Waals surface area contributed by atoms with Crippen molar-refractivity contribution < 1.29 is 19.1 Å². The van der Waals surface area contributed by atoms with Crippen LogP contribution in [0, 0.1) is 20.8 Å².